The monoisotopic (exact) mass is 186 g/mol. The molecule has 0 amide bonds. The average molecular weight is 186 g/mol. The van der Waals surface area contributed by atoms with Crippen LogP contribution in [0, 0.1) is 0 Å². The first-order chi connectivity index (χ1) is 6.90. The van der Waals surface area contributed by atoms with Crippen molar-refractivity contribution in [2.24, 2.45) is 0 Å². The molecule has 0 atom stereocenters. The molecule has 0 bridgehead atoms. The molecular weight excluding hydrogens is 178 g/mol. The van der Waals surface area contributed by atoms with Crippen molar-refractivity contribution in [3.05, 3.63) is 36.4 Å². The van der Waals surface area contributed by atoms with Crippen molar-refractivity contribution >= 4 is 17.2 Å². The summed E-state index contributed by atoms with van der Waals surface area (Å²) in [4.78, 5) is 14.2. The van der Waals surface area contributed by atoms with Crippen LogP contribution in [-0.4, -0.2) is 17.9 Å². The predicted molar refractivity (Wildman–Crippen MR) is 52.9 cm³/mol. The fourth-order valence-corrected chi connectivity index (χ4v) is 1.23. The van der Waals surface area contributed by atoms with E-state index in [-0.39, 0.29) is 6.61 Å². The molecule has 0 aliphatic heterocycles. The van der Waals surface area contributed by atoms with Crippen molar-refractivity contribution in [3.8, 4) is 5.88 Å². The standard InChI is InChI=1S/C11H8NO2/c13-7-8-14-11-6-5-9-3-1-2-4-10(9)12-11/h1-6H,8H2. The zero-order chi connectivity index (χ0) is 9.80. The first-order valence-electron chi connectivity index (χ1n) is 4.24. The van der Waals surface area contributed by atoms with Crippen LogP contribution in [0.1, 0.15) is 0 Å². The molecule has 2 aromatic rings. The summed E-state index contributed by atoms with van der Waals surface area (Å²) in [6.07, 6.45) is 1.65. The van der Waals surface area contributed by atoms with Gasteiger partial charge in [0.25, 0.3) is 0 Å². The molecular formula is C11H8NO2. The van der Waals surface area contributed by atoms with Gasteiger partial charge in [0.05, 0.1) is 5.52 Å². The second-order valence-corrected chi connectivity index (χ2v) is 2.78. The molecule has 14 heavy (non-hydrogen) atoms. The molecule has 0 spiro atoms. The molecule has 1 aromatic heterocycles. The Kier molecular flexibility index (Phi) is 2.40. The fraction of sp³-hybridized carbons (Fsp3) is 0.0909. The lowest BCUT2D eigenvalue weighted by Gasteiger charge is -2.01. The van der Waals surface area contributed by atoms with E-state index in [0.717, 1.165) is 10.9 Å². The van der Waals surface area contributed by atoms with Crippen molar-refractivity contribution in [1.29, 1.82) is 0 Å². The highest BCUT2D eigenvalue weighted by atomic mass is 16.5. The van der Waals surface area contributed by atoms with E-state index in [2.05, 4.69) is 4.98 Å². The lowest BCUT2D eigenvalue weighted by atomic mass is 10.2. The minimum absolute atomic E-state index is 0.0780. The van der Waals surface area contributed by atoms with Gasteiger partial charge in [-0.2, -0.15) is 0 Å². The second kappa shape index (κ2) is 3.87. The van der Waals surface area contributed by atoms with E-state index < -0.39 is 0 Å². The molecule has 0 unspecified atom stereocenters. The normalized spacial score (nSPS) is 10.0. The van der Waals surface area contributed by atoms with Crippen LogP contribution >= 0.6 is 0 Å². The summed E-state index contributed by atoms with van der Waals surface area (Å²) in [6, 6.07) is 11.4. The van der Waals surface area contributed by atoms with Gasteiger partial charge in [-0.05, 0) is 12.1 Å². The van der Waals surface area contributed by atoms with Crippen LogP contribution in [-0.2, 0) is 4.79 Å². The Morgan fingerprint density at radius 1 is 1.21 bits per heavy atom. The largest absolute Gasteiger partial charge is 0.469 e. The number of ether oxygens (including phenoxy) is 1. The molecule has 3 heteroatoms. The van der Waals surface area contributed by atoms with Crippen LogP contribution in [0.3, 0.4) is 0 Å². The van der Waals surface area contributed by atoms with Gasteiger partial charge in [0.15, 0.2) is 6.61 Å². The van der Waals surface area contributed by atoms with Crippen LogP contribution in [0.5, 0.6) is 5.88 Å². The SMILES string of the molecule is O=[C]COc1ccc2ccccc2n1. The molecule has 0 aliphatic rings. The summed E-state index contributed by atoms with van der Waals surface area (Å²) in [5.41, 5.74) is 0.857. The van der Waals surface area contributed by atoms with Gasteiger partial charge >= 0.3 is 0 Å². The Morgan fingerprint density at radius 2 is 2.07 bits per heavy atom. The van der Waals surface area contributed by atoms with Gasteiger partial charge in [0.2, 0.25) is 12.2 Å². The maximum absolute atomic E-state index is 9.96. The molecule has 69 valence electrons. The van der Waals surface area contributed by atoms with Crippen molar-refractivity contribution in [1.82, 2.24) is 4.98 Å². The van der Waals surface area contributed by atoms with E-state index in [4.69, 9.17) is 4.74 Å². The van der Waals surface area contributed by atoms with Gasteiger partial charge < -0.3 is 4.74 Å². The van der Waals surface area contributed by atoms with Gasteiger partial charge in [-0.3, -0.25) is 4.79 Å². The van der Waals surface area contributed by atoms with E-state index in [0.29, 0.717) is 5.88 Å². The maximum atomic E-state index is 9.96. The number of benzene rings is 1. The Morgan fingerprint density at radius 3 is 2.93 bits per heavy atom. The molecule has 0 fully saturated rings. The number of aromatic nitrogens is 1. The summed E-state index contributed by atoms with van der Waals surface area (Å²) in [6.45, 7) is -0.0780. The fourth-order valence-electron chi connectivity index (χ4n) is 1.23. The molecule has 0 saturated carbocycles. The predicted octanol–water partition coefficient (Wildman–Crippen LogP) is 1.72. The van der Waals surface area contributed by atoms with E-state index in [9.17, 15) is 4.79 Å². The molecule has 0 saturated heterocycles. The van der Waals surface area contributed by atoms with Crippen molar-refractivity contribution in [2.45, 2.75) is 0 Å². The maximum Gasteiger partial charge on any atom is 0.239 e. The number of pyridine rings is 1. The number of nitrogens with zero attached hydrogens (tertiary/aromatic N) is 1. The summed E-state index contributed by atoms with van der Waals surface area (Å²) < 4.78 is 5.03. The Hall–Kier alpha value is -1.90. The molecule has 0 aliphatic carbocycles. The summed E-state index contributed by atoms with van der Waals surface area (Å²) in [5, 5.41) is 1.05. The molecule has 1 radical (unpaired) electrons. The summed E-state index contributed by atoms with van der Waals surface area (Å²) >= 11 is 0. The van der Waals surface area contributed by atoms with Crippen molar-refractivity contribution in [2.75, 3.05) is 6.61 Å². The highest BCUT2D eigenvalue weighted by molar-refractivity contribution is 5.78. The van der Waals surface area contributed by atoms with Gasteiger partial charge in [-0.1, -0.05) is 18.2 Å². The van der Waals surface area contributed by atoms with Crippen LogP contribution in [0.25, 0.3) is 10.9 Å². The Balaban J connectivity index is 2.36. The van der Waals surface area contributed by atoms with Gasteiger partial charge in [-0.25, -0.2) is 4.98 Å². The van der Waals surface area contributed by atoms with E-state index >= 15 is 0 Å². The minimum Gasteiger partial charge on any atom is -0.469 e. The number of fused-ring (bicyclic) bond motifs is 1. The molecule has 2 rings (SSSR count). The number of carbonyl (C=O) groups excluding carboxylic acids is 1. The minimum atomic E-state index is -0.0780. The first-order valence-corrected chi connectivity index (χ1v) is 4.24. The quantitative estimate of drug-likeness (QED) is 0.732. The first kappa shape index (κ1) is 8.69. The zero-order valence-electron chi connectivity index (χ0n) is 7.43. The van der Waals surface area contributed by atoms with Crippen LogP contribution < -0.4 is 4.74 Å². The van der Waals surface area contributed by atoms with Gasteiger partial charge in [0, 0.05) is 11.5 Å². The third-order valence-corrected chi connectivity index (χ3v) is 1.85. The number of para-hydroxylation sites is 1. The van der Waals surface area contributed by atoms with Gasteiger partial charge in [0.1, 0.15) is 0 Å². The smallest absolute Gasteiger partial charge is 0.239 e. The molecule has 1 heterocycles. The van der Waals surface area contributed by atoms with Crippen LogP contribution in [0.2, 0.25) is 0 Å². The average Bonchev–Trinajstić information content (AvgIpc) is 2.26. The van der Waals surface area contributed by atoms with Crippen LogP contribution in [0.4, 0.5) is 0 Å². The molecule has 1 aromatic carbocycles. The second-order valence-electron chi connectivity index (χ2n) is 2.78. The Labute approximate surface area is 81.3 Å². The summed E-state index contributed by atoms with van der Waals surface area (Å²) in [7, 11) is 0. The zero-order valence-corrected chi connectivity index (χ0v) is 7.43. The highest BCUT2D eigenvalue weighted by Gasteiger charge is 1.97. The third-order valence-electron chi connectivity index (χ3n) is 1.85. The number of hydrogen-bond donors (Lipinski definition) is 0. The lowest BCUT2D eigenvalue weighted by Crippen LogP contribution is -1.99. The lowest BCUT2D eigenvalue weighted by molar-refractivity contribution is 0.352. The van der Waals surface area contributed by atoms with E-state index in [1.165, 1.54) is 0 Å². The van der Waals surface area contributed by atoms with Crippen molar-refractivity contribution < 1.29 is 9.53 Å². The number of hydrogen-bond acceptors (Lipinski definition) is 3. The molecule has 0 N–H and O–H groups in total. The summed E-state index contributed by atoms with van der Waals surface area (Å²) in [5.74, 6) is 0.451. The van der Waals surface area contributed by atoms with E-state index in [1.54, 1.807) is 12.4 Å². The topological polar surface area (TPSA) is 39.2 Å². The van der Waals surface area contributed by atoms with E-state index in [1.807, 2.05) is 30.3 Å². The highest BCUT2D eigenvalue weighted by Crippen LogP contribution is 2.15. The number of rotatable bonds is 3. The van der Waals surface area contributed by atoms with Gasteiger partial charge in [-0.15, -0.1) is 0 Å². The molecule has 3 nitrogen and oxygen atoms in total. The third kappa shape index (κ3) is 1.71. The Bertz CT molecular complexity index is 454. The van der Waals surface area contributed by atoms with Crippen LogP contribution in [0.15, 0.2) is 36.4 Å². The van der Waals surface area contributed by atoms with Crippen molar-refractivity contribution in [3.63, 3.8) is 0 Å².